The van der Waals surface area contributed by atoms with Crippen molar-refractivity contribution >= 4 is 14.2 Å². The van der Waals surface area contributed by atoms with Gasteiger partial charge in [-0.2, -0.15) is 24.6 Å². The Balaban J connectivity index is -0.0000000424. The Bertz CT molecular complexity index is 545. The molecule has 7 heteroatoms. The maximum atomic E-state index is 7.61. The number of benzene rings is 2. The van der Waals surface area contributed by atoms with Gasteiger partial charge in [0.15, 0.2) is 0 Å². The van der Waals surface area contributed by atoms with Crippen molar-refractivity contribution in [2.75, 3.05) is 0 Å². The third-order valence-corrected chi connectivity index (χ3v) is 2.91. The second-order valence-corrected chi connectivity index (χ2v) is 6.07. The van der Waals surface area contributed by atoms with Crippen LogP contribution in [0.1, 0.15) is 73.1 Å². The summed E-state index contributed by atoms with van der Waals surface area (Å²) in [5.74, 6) is 0. The third kappa shape index (κ3) is 49.2. The van der Waals surface area contributed by atoms with Crippen LogP contribution in [0.2, 0.25) is 13.6 Å². The Morgan fingerprint density at radius 3 is 1.33 bits per heavy atom. The zero-order valence-electron chi connectivity index (χ0n) is 18.6. The average Bonchev–Trinajstić information content (AvgIpc) is 2.56. The fourth-order valence-electron chi connectivity index (χ4n) is 2.01. The van der Waals surface area contributed by atoms with Crippen LogP contribution < -0.4 is 0 Å². The average molecular weight is 503 g/mol. The summed E-state index contributed by atoms with van der Waals surface area (Å²) < 4.78 is 0. The molecule has 0 aliphatic rings. The van der Waals surface area contributed by atoms with Gasteiger partial charge in [-0.3, -0.25) is 0 Å². The first-order valence-corrected chi connectivity index (χ1v) is 9.39. The zero-order chi connectivity index (χ0) is 21.1. The SMILES string of the molecule is C.C.C.C.CB(O)O.CB(O)O.CCCc1ccccc1.[CH2-]c1cccc(CCC)c1.[CH3-].[V+2]. The van der Waals surface area contributed by atoms with E-state index in [1.165, 1.54) is 50.5 Å². The largest absolute Gasteiger partial charge is 2.00 e. The van der Waals surface area contributed by atoms with E-state index >= 15 is 0 Å². The van der Waals surface area contributed by atoms with Crippen molar-refractivity contribution in [2.24, 2.45) is 0 Å². The van der Waals surface area contributed by atoms with Crippen molar-refractivity contribution in [3.05, 3.63) is 85.6 Å². The van der Waals surface area contributed by atoms with Gasteiger partial charge in [-0.15, -0.1) is 11.6 Å². The molecule has 33 heavy (non-hydrogen) atoms. The van der Waals surface area contributed by atoms with Crippen molar-refractivity contribution in [2.45, 2.75) is 82.9 Å². The van der Waals surface area contributed by atoms with Crippen LogP contribution in [0.5, 0.6) is 0 Å². The van der Waals surface area contributed by atoms with Crippen LogP contribution in [0, 0.1) is 14.4 Å². The van der Waals surface area contributed by atoms with E-state index in [1.807, 2.05) is 6.07 Å². The summed E-state index contributed by atoms with van der Waals surface area (Å²) in [5.41, 5.74) is 3.96. The summed E-state index contributed by atoms with van der Waals surface area (Å²) in [6.45, 7) is 10.8. The fourth-order valence-corrected chi connectivity index (χ4v) is 2.01. The van der Waals surface area contributed by atoms with Gasteiger partial charge in [0, 0.05) is 0 Å². The Morgan fingerprint density at radius 1 is 0.667 bits per heavy atom. The molecule has 2 aromatic carbocycles. The molecule has 0 amide bonds. The maximum Gasteiger partial charge on any atom is 2.00 e. The Labute approximate surface area is 221 Å². The first-order valence-electron chi connectivity index (χ1n) is 9.39. The molecule has 0 heterocycles. The molecule has 0 unspecified atom stereocenters. The second kappa shape index (κ2) is 38.1. The van der Waals surface area contributed by atoms with Crippen molar-refractivity contribution in [1.82, 2.24) is 0 Å². The molecule has 4 nitrogen and oxygen atoms in total. The molecule has 0 saturated carbocycles. The van der Waals surface area contributed by atoms with Crippen molar-refractivity contribution in [3.63, 3.8) is 0 Å². The van der Waals surface area contributed by atoms with Crippen molar-refractivity contribution < 1.29 is 38.7 Å². The van der Waals surface area contributed by atoms with E-state index in [9.17, 15) is 0 Å². The van der Waals surface area contributed by atoms with Gasteiger partial charge >= 0.3 is 32.8 Å². The normalized spacial score (nSPS) is 7.15. The van der Waals surface area contributed by atoms with Gasteiger partial charge in [0.1, 0.15) is 0 Å². The topological polar surface area (TPSA) is 80.9 Å². The van der Waals surface area contributed by atoms with E-state index in [-0.39, 0.29) is 55.7 Å². The molecule has 0 spiro atoms. The van der Waals surface area contributed by atoms with E-state index < -0.39 is 14.2 Å². The molecule has 2 aromatic rings. The van der Waals surface area contributed by atoms with Gasteiger partial charge in [-0.25, -0.2) is 0 Å². The molecule has 4 N–H and O–H groups in total. The van der Waals surface area contributed by atoms with Crippen molar-refractivity contribution in [3.8, 4) is 0 Å². The Morgan fingerprint density at radius 2 is 1.00 bits per heavy atom. The number of aryl methyl sites for hydroxylation is 2. The number of rotatable bonds is 4. The van der Waals surface area contributed by atoms with Gasteiger partial charge in [0.05, 0.1) is 0 Å². The van der Waals surface area contributed by atoms with Crippen LogP contribution in [-0.2, 0) is 31.4 Å². The standard InChI is InChI=1S/C10H13.C9H12.2CH5BO2.4CH4.CH3.V/c1-3-5-10-7-4-6-9(2)8-10;1-2-6-9-7-4-3-5-8-9;2*1-2(3)4;;;;;;/h4,6-8H,2-3,5H2,1H3;3-5,7-8H,2,6H2,1H3;2*3-4H,1H3;4*1H4;1H3;/q-1;;;;;;;;-1;+2. The van der Waals surface area contributed by atoms with Crippen LogP contribution in [0.4, 0.5) is 0 Å². The molecule has 0 atom stereocenters. The third-order valence-electron chi connectivity index (χ3n) is 2.91. The zero-order valence-corrected chi connectivity index (χ0v) is 20.0. The monoisotopic (exact) mass is 503 g/mol. The van der Waals surface area contributed by atoms with Gasteiger partial charge in [0.2, 0.25) is 0 Å². The molecule has 0 bridgehead atoms. The minimum atomic E-state index is -1.17. The van der Waals surface area contributed by atoms with Gasteiger partial charge in [0.25, 0.3) is 0 Å². The van der Waals surface area contributed by atoms with E-state index in [2.05, 4.69) is 69.3 Å². The molecular weight excluding hydrogens is 449 g/mol. The first kappa shape index (κ1) is 53.3. The van der Waals surface area contributed by atoms with Gasteiger partial charge in [-0.05, 0) is 32.1 Å². The smallest absolute Gasteiger partial charge is 0.427 e. The first-order chi connectivity index (χ1) is 12.7. The predicted octanol–water partition coefficient (Wildman–Crippen LogP) is 6.63. The molecule has 2 rings (SSSR count). The molecule has 193 valence electrons. The predicted molar refractivity (Wildman–Crippen MR) is 151 cm³/mol. The maximum absolute atomic E-state index is 7.61. The molecule has 0 saturated heterocycles. The summed E-state index contributed by atoms with van der Waals surface area (Å²) in [4.78, 5) is 0. The van der Waals surface area contributed by atoms with Crippen LogP contribution in [0.25, 0.3) is 0 Å². The molecular formula is C26H54B2O4V. The summed E-state index contributed by atoms with van der Waals surface area (Å²) in [5, 5.41) is 30.4. The van der Waals surface area contributed by atoms with Gasteiger partial charge in [-0.1, -0.05) is 92.8 Å². The Kier molecular flexibility index (Phi) is 61.6. The number of hydrogen-bond donors (Lipinski definition) is 4. The van der Waals surface area contributed by atoms with Crippen LogP contribution >= 0.6 is 0 Å². The molecule has 0 aromatic heterocycles. The molecule has 0 aliphatic heterocycles. The van der Waals surface area contributed by atoms with E-state index in [4.69, 9.17) is 20.1 Å². The molecule has 1 radical (unpaired) electrons. The second-order valence-electron chi connectivity index (χ2n) is 6.07. The fraction of sp³-hybridized carbons (Fsp3) is 0.462. The van der Waals surface area contributed by atoms with E-state index in [0.717, 1.165) is 5.56 Å². The summed E-state index contributed by atoms with van der Waals surface area (Å²) in [7, 11) is -2.33. The summed E-state index contributed by atoms with van der Waals surface area (Å²) in [6, 6.07) is 19.0. The van der Waals surface area contributed by atoms with Crippen LogP contribution in [0.15, 0.2) is 54.6 Å². The van der Waals surface area contributed by atoms with E-state index in [0.29, 0.717) is 0 Å². The van der Waals surface area contributed by atoms with Gasteiger partial charge < -0.3 is 27.5 Å². The molecule has 0 aliphatic carbocycles. The quantitative estimate of drug-likeness (QED) is 0.279. The molecule has 0 fully saturated rings. The number of hydrogen-bond acceptors (Lipinski definition) is 4. The van der Waals surface area contributed by atoms with Crippen LogP contribution in [0.3, 0.4) is 0 Å². The minimum absolute atomic E-state index is 0. The van der Waals surface area contributed by atoms with Crippen LogP contribution in [-0.4, -0.2) is 34.3 Å². The van der Waals surface area contributed by atoms with E-state index in [1.54, 1.807) is 0 Å². The minimum Gasteiger partial charge on any atom is -0.427 e. The van der Waals surface area contributed by atoms with Crippen molar-refractivity contribution in [1.29, 1.82) is 0 Å². The summed E-state index contributed by atoms with van der Waals surface area (Å²) >= 11 is 0. The summed E-state index contributed by atoms with van der Waals surface area (Å²) in [6.07, 6.45) is 4.83. The Hall–Kier alpha value is -1.14.